The van der Waals surface area contributed by atoms with Crippen LogP contribution in [-0.2, 0) is 4.79 Å². The Morgan fingerprint density at radius 1 is 1.07 bits per heavy atom. The third-order valence-electron chi connectivity index (χ3n) is 4.94. The summed E-state index contributed by atoms with van der Waals surface area (Å²) >= 11 is 12.0. The first-order valence-corrected chi connectivity index (χ1v) is 10.2. The Balaban J connectivity index is 1.35. The molecule has 1 aromatic carbocycles. The van der Waals surface area contributed by atoms with Crippen molar-refractivity contribution < 1.29 is 9.59 Å². The minimum absolute atomic E-state index is 0.110. The van der Waals surface area contributed by atoms with Crippen molar-refractivity contribution in [1.29, 1.82) is 0 Å². The van der Waals surface area contributed by atoms with Gasteiger partial charge in [-0.3, -0.25) is 9.59 Å². The molecule has 0 bridgehead atoms. The maximum atomic E-state index is 12.8. The highest BCUT2D eigenvalue weighted by atomic mass is 35.5. The monoisotopic (exact) mass is 444 g/mol. The van der Waals surface area contributed by atoms with Gasteiger partial charge in [0.05, 0.1) is 21.9 Å². The number of aromatic nitrogens is 4. The summed E-state index contributed by atoms with van der Waals surface area (Å²) in [5.41, 5.74) is 0.889. The van der Waals surface area contributed by atoms with Crippen molar-refractivity contribution >= 4 is 40.8 Å². The molecule has 4 rings (SSSR count). The second-order valence-corrected chi connectivity index (χ2v) is 7.76. The van der Waals surface area contributed by atoms with Crippen LogP contribution in [0.15, 0.2) is 48.8 Å². The molecule has 0 atom stereocenters. The van der Waals surface area contributed by atoms with E-state index in [1.165, 1.54) is 10.9 Å². The summed E-state index contributed by atoms with van der Waals surface area (Å²) in [5, 5.41) is 11.8. The SMILES string of the molecule is O=C(Nc1ccc(Cl)cn1)C1CCN(C(=O)c2cn(-c3ccccc3Cl)nn2)CC1. The lowest BCUT2D eigenvalue weighted by Crippen LogP contribution is -2.41. The van der Waals surface area contributed by atoms with Crippen molar-refractivity contribution in [3.8, 4) is 5.69 Å². The van der Waals surface area contributed by atoms with Gasteiger partial charge in [0.1, 0.15) is 5.82 Å². The number of hydrogen-bond donors (Lipinski definition) is 1. The average Bonchev–Trinajstić information content (AvgIpc) is 3.25. The lowest BCUT2D eigenvalue weighted by atomic mass is 9.95. The van der Waals surface area contributed by atoms with E-state index in [1.54, 1.807) is 35.4 Å². The number of hydrogen-bond acceptors (Lipinski definition) is 5. The van der Waals surface area contributed by atoms with Crippen LogP contribution in [0.5, 0.6) is 0 Å². The summed E-state index contributed by atoms with van der Waals surface area (Å²) in [6, 6.07) is 10.5. The number of carbonyl (C=O) groups is 2. The largest absolute Gasteiger partial charge is 0.337 e. The maximum absolute atomic E-state index is 12.8. The lowest BCUT2D eigenvalue weighted by molar-refractivity contribution is -0.121. The van der Waals surface area contributed by atoms with Gasteiger partial charge in [0.2, 0.25) is 5.91 Å². The number of pyridine rings is 1. The van der Waals surface area contributed by atoms with Crippen LogP contribution < -0.4 is 5.32 Å². The van der Waals surface area contributed by atoms with Crippen molar-refractivity contribution in [2.75, 3.05) is 18.4 Å². The van der Waals surface area contributed by atoms with Crippen LogP contribution in [-0.4, -0.2) is 49.8 Å². The first kappa shape index (κ1) is 20.3. The zero-order chi connectivity index (χ0) is 21.1. The number of likely N-dealkylation sites (tertiary alicyclic amines) is 1. The molecule has 2 amide bonds. The van der Waals surface area contributed by atoms with E-state index in [0.29, 0.717) is 47.5 Å². The molecule has 0 radical (unpaired) electrons. The summed E-state index contributed by atoms with van der Waals surface area (Å²) < 4.78 is 1.48. The molecule has 3 aromatic rings. The summed E-state index contributed by atoms with van der Waals surface area (Å²) in [6.07, 6.45) is 4.16. The molecular weight excluding hydrogens is 427 g/mol. The number of benzene rings is 1. The van der Waals surface area contributed by atoms with Crippen molar-refractivity contribution in [2.24, 2.45) is 5.92 Å². The minimum atomic E-state index is -0.216. The first-order valence-electron chi connectivity index (χ1n) is 9.40. The van der Waals surface area contributed by atoms with Gasteiger partial charge in [-0.05, 0) is 37.1 Å². The average molecular weight is 445 g/mol. The van der Waals surface area contributed by atoms with Crippen LogP contribution in [0.2, 0.25) is 10.0 Å². The third kappa shape index (κ3) is 4.44. The van der Waals surface area contributed by atoms with Crippen LogP contribution in [0.3, 0.4) is 0 Å². The fourth-order valence-electron chi connectivity index (χ4n) is 3.30. The molecule has 30 heavy (non-hydrogen) atoms. The Labute approximate surface area is 182 Å². The Morgan fingerprint density at radius 2 is 1.83 bits per heavy atom. The van der Waals surface area contributed by atoms with Gasteiger partial charge in [-0.2, -0.15) is 0 Å². The number of anilines is 1. The minimum Gasteiger partial charge on any atom is -0.337 e. The third-order valence-corrected chi connectivity index (χ3v) is 5.49. The van der Waals surface area contributed by atoms with E-state index in [0.717, 1.165) is 0 Å². The van der Waals surface area contributed by atoms with Crippen LogP contribution in [0.1, 0.15) is 23.3 Å². The molecule has 0 aliphatic carbocycles. The predicted octanol–water partition coefficient (Wildman–Crippen LogP) is 3.46. The number of nitrogens with zero attached hydrogens (tertiary/aromatic N) is 5. The zero-order valence-electron chi connectivity index (χ0n) is 15.8. The smallest absolute Gasteiger partial charge is 0.276 e. The van der Waals surface area contributed by atoms with Crippen LogP contribution in [0, 0.1) is 5.92 Å². The number of carbonyl (C=O) groups excluding carboxylic acids is 2. The molecule has 3 heterocycles. The van der Waals surface area contributed by atoms with Gasteiger partial charge in [-0.15, -0.1) is 5.10 Å². The number of para-hydroxylation sites is 1. The molecule has 154 valence electrons. The molecule has 1 N–H and O–H groups in total. The number of amides is 2. The van der Waals surface area contributed by atoms with E-state index in [-0.39, 0.29) is 23.4 Å². The van der Waals surface area contributed by atoms with Gasteiger partial charge in [0, 0.05) is 25.2 Å². The first-order chi connectivity index (χ1) is 14.5. The highest BCUT2D eigenvalue weighted by Crippen LogP contribution is 2.22. The van der Waals surface area contributed by atoms with E-state index < -0.39 is 0 Å². The number of halogens is 2. The molecule has 10 heteroatoms. The molecular formula is C20H18Cl2N6O2. The summed E-state index contributed by atoms with van der Waals surface area (Å²) in [6.45, 7) is 0.924. The zero-order valence-corrected chi connectivity index (χ0v) is 17.3. The molecule has 0 spiro atoms. The molecule has 1 aliphatic rings. The van der Waals surface area contributed by atoms with Crippen LogP contribution >= 0.6 is 23.2 Å². The predicted molar refractivity (Wildman–Crippen MR) is 113 cm³/mol. The maximum Gasteiger partial charge on any atom is 0.276 e. The number of piperidine rings is 1. The van der Waals surface area contributed by atoms with Crippen molar-refractivity contribution in [3.63, 3.8) is 0 Å². The Hall–Kier alpha value is -2.97. The number of rotatable bonds is 4. The fraction of sp³-hybridized carbons (Fsp3) is 0.250. The standard InChI is InChI=1S/C20H18Cl2N6O2/c21-14-5-6-18(23-11-14)24-19(29)13-7-9-27(10-8-13)20(30)16-12-28(26-25-16)17-4-2-1-3-15(17)22/h1-6,11-13H,7-10H2,(H,23,24,29). The van der Waals surface area contributed by atoms with Gasteiger partial charge in [0.25, 0.3) is 5.91 Å². The summed E-state index contributed by atoms with van der Waals surface area (Å²) in [4.78, 5) is 31.0. The van der Waals surface area contributed by atoms with E-state index >= 15 is 0 Å². The van der Waals surface area contributed by atoms with Crippen LogP contribution in [0.4, 0.5) is 5.82 Å². The second-order valence-electron chi connectivity index (χ2n) is 6.92. The molecule has 1 fully saturated rings. The van der Waals surface area contributed by atoms with Gasteiger partial charge in [-0.25, -0.2) is 9.67 Å². The Bertz CT molecular complexity index is 1060. The number of nitrogens with one attached hydrogen (secondary N) is 1. The normalized spacial score (nSPS) is 14.5. The fourth-order valence-corrected chi connectivity index (χ4v) is 3.64. The highest BCUT2D eigenvalue weighted by Gasteiger charge is 2.29. The highest BCUT2D eigenvalue weighted by molar-refractivity contribution is 6.32. The summed E-state index contributed by atoms with van der Waals surface area (Å²) in [5.74, 6) is -0.0578. The van der Waals surface area contributed by atoms with E-state index in [1.807, 2.05) is 12.1 Å². The van der Waals surface area contributed by atoms with Gasteiger partial charge >= 0.3 is 0 Å². The van der Waals surface area contributed by atoms with Gasteiger partial charge < -0.3 is 10.2 Å². The van der Waals surface area contributed by atoms with Crippen molar-refractivity contribution in [3.05, 3.63) is 64.5 Å². The second kappa shape index (κ2) is 8.81. The molecule has 1 saturated heterocycles. The van der Waals surface area contributed by atoms with Gasteiger partial charge in [0.15, 0.2) is 5.69 Å². The topological polar surface area (TPSA) is 93.0 Å². The van der Waals surface area contributed by atoms with Crippen molar-refractivity contribution in [2.45, 2.75) is 12.8 Å². The van der Waals surface area contributed by atoms with Gasteiger partial charge in [-0.1, -0.05) is 40.5 Å². The van der Waals surface area contributed by atoms with Crippen LogP contribution in [0.25, 0.3) is 5.69 Å². The Kier molecular flexibility index (Phi) is 5.96. The molecule has 1 aliphatic heterocycles. The molecule has 0 unspecified atom stereocenters. The lowest BCUT2D eigenvalue weighted by Gasteiger charge is -2.30. The van der Waals surface area contributed by atoms with E-state index in [4.69, 9.17) is 23.2 Å². The molecule has 8 nitrogen and oxygen atoms in total. The van der Waals surface area contributed by atoms with E-state index in [9.17, 15) is 9.59 Å². The van der Waals surface area contributed by atoms with E-state index in [2.05, 4.69) is 20.6 Å². The van der Waals surface area contributed by atoms with Crippen molar-refractivity contribution in [1.82, 2.24) is 24.9 Å². The Morgan fingerprint density at radius 3 is 2.53 bits per heavy atom. The quantitative estimate of drug-likeness (QED) is 0.664. The molecule has 2 aromatic heterocycles. The summed E-state index contributed by atoms with van der Waals surface area (Å²) in [7, 11) is 0. The molecule has 0 saturated carbocycles.